The number of methoxy groups -OCH3 is 1. The lowest BCUT2D eigenvalue weighted by molar-refractivity contribution is -0.00000372. The monoisotopic (exact) mass is 259 g/mol. The third-order valence-corrected chi connectivity index (χ3v) is 2.93. The Balaban J connectivity index is 0.00000120. The first kappa shape index (κ1) is 12.5. The molecule has 0 spiro atoms. The highest BCUT2D eigenvalue weighted by Gasteiger charge is 2.06. The predicted molar refractivity (Wildman–Crippen MR) is 70.2 cm³/mol. The maximum Gasteiger partial charge on any atom is 0.121 e. The predicted octanol–water partition coefficient (Wildman–Crippen LogP) is -0.0172. The summed E-state index contributed by atoms with van der Waals surface area (Å²) in [5, 5.41) is 1.95. The van der Waals surface area contributed by atoms with Gasteiger partial charge in [-0.1, -0.05) is 18.2 Å². The molecule has 2 N–H and O–H groups in total. The van der Waals surface area contributed by atoms with Crippen LogP contribution in [0.25, 0.3) is 21.8 Å². The number of rotatable bonds is 1. The minimum atomic E-state index is 0. The van der Waals surface area contributed by atoms with Gasteiger partial charge in [-0.2, -0.15) is 0 Å². The van der Waals surface area contributed by atoms with Gasteiger partial charge in [0, 0.05) is 16.8 Å². The average molecular weight is 260 g/mol. The minimum absolute atomic E-state index is 0. The smallest absolute Gasteiger partial charge is 0.121 e. The Morgan fingerprint density at radius 1 is 1.00 bits per heavy atom. The van der Waals surface area contributed by atoms with Crippen molar-refractivity contribution in [2.45, 2.75) is 0 Å². The minimum Gasteiger partial charge on any atom is -1.00 e. The first-order valence-corrected chi connectivity index (χ1v) is 5.41. The van der Waals surface area contributed by atoms with E-state index in [0.717, 1.165) is 33.2 Å². The van der Waals surface area contributed by atoms with Gasteiger partial charge in [0.1, 0.15) is 5.75 Å². The van der Waals surface area contributed by atoms with E-state index in [1.54, 1.807) is 7.11 Å². The second-order valence-electron chi connectivity index (χ2n) is 3.93. The first-order valence-electron chi connectivity index (χ1n) is 5.41. The van der Waals surface area contributed by atoms with Gasteiger partial charge < -0.3 is 22.9 Å². The molecule has 18 heavy (non-hydrogen) atoms. The van der Waals surface area contributed by atoms with Gasteiger partial charge in [0.25, 0.3) is 0 Å². The topological polar surface area (TPSA) is 48.1 Å². The van der Waals surface area contributed by atoms with Crippen molar-refractivity contribution in [3.05, 3.63) is 42.5 Å². The molecule has 0 saturated heterocycles. The molecule has 0 aliphatic heterocycles. The molecule has 0 unspecified atom stereocenters. The highest BCUT2D eigenvalue weighted by atomic mass is 35.5. The van der Waals surface area contributed by atoms with Crippen molar-refractivity contribution >= 4 is 27.5 Å². The van der Waals surface area contributed by atoms with Gasteiger partial charge in [0.15, 0.2) is 0 Å². The molecule has 92 valence electrons. The molecule has 0 amide bonds. The maximum absolute atomic E-state index is 6.17. The zero-order valence-electron chi connectivity index (χ0n) is 9.85. The first-order chi connectivity index (χ1) is 8.29. The quantitative estimate of drug-likeness (QED) is 0.625. The van der Waals surface area contributed by atoms with Crippen molar-refractivity contribution in [2.75, 3.05) is 12.8 Å². The van der Waals surface area contributed by atoms with E-state index in [1.165, 1.54) is 0 Å². The lowest BCUT2D eigenvalue weighted by Gasteiger charge is -2.07. The molecule has 0 aliphatic carbocycles. The van der Waals surface area contributed by atoms with E-state index >= 15 is 0 Å². The summed E-state index contributed by atoms with van der Waals surface area (Å²) < 4.78 is 5.19. The number of ether oxygens (including phenoxy) is 1. The van der Waals surface area contributed by atoms with Crippen LogP contribution in [0.1, 0.15) is 0 Å². The van der Waals surface area contributed by atoms with Gasteiger partial charge in [0.05, 0.1) is 23.8 Å². The van der Waals surface area contributed by atoms with Gasteiger partial charge in [0.2, 0.25) is 0 Å². The molecule has 0 bridgehead atoms. The number of fused-ring (bicyclic) bond motifs is 2. The molecule has 2 aromatic carbocycles. The van der Waals surface area contributed by atoms with Crippen LogP contribution in [0.3, 0.4) is 0 Å². The van der Waals surface area contributed by atoms with Crippen molar-refractivity contribution < 1.29 is 17.1 Å². The highest BCUT2D eigenvalue weighted by molar-refractivity contribution is 6.06. The number of aromatic nitrogens is 1. The molecule has 1 aromatic heterocycles. The molecular formula is C14H12ClN2O-. The van der Waals surface area contributed by atoms with Crippen molar-refractivity contribution in [1.82, 2.24) is 4.98 Å². The Kier molecular flexibility index (Phi) is 3.26. The number of nitrogens with two attached hydrogens (primary N) is 1. The van der Waals surface area contributed by atoms with Crippen LogP contribution in [-0.4, -0.2) is 12.1 Å². The molecule has 1 heterocycles. The van der Waals surface area contributed by atoms with E-state index in [9.17, 15) is 0 Å². The SMILES string of the molecule is COc1ccc2c(N)c3ccccc3nc2c1.[Cl-]. The van der Waals surface area contributed by atoms with Crippen molar-refractivity contribution in [2.24, 2.45) is 0 Å². The number of nitrogens with zero attached hydrogens (tertiary/aromatic N) is 1. The molecular weight excluding hydrogens is 248 g/mol. The van der Waals surface area contributed by atoms with Crippen LogP contribution in [0.5, 0.6) is 5.75 Å². The van der Waals surface area contributed by atoms with Crippen LogP contribution in [0.2, 0.25) is 0 Å². The Morgan fingerprint density at radius 2 is 1.72 bits per heavy atom. The Hall–Kier alpha value is -2.00. The largest absolute Gasteiger partial charge is 1.00 e. The zero-order valence-corrected chi connectivity index (χ0v) is 10.6. The third kappa shape index (κ3) is 1.83. The Labute approximate surface area is 111 Å². The fraction of sp³-hybridized carbons (Fsp3) is 0.0714. The summed E-state index contributed by atoms with van der Waals surface area (Å²) in [4.78, 5) is 4.59. The van der Waals surface area contributed by atoms with E-state index in [4.69, 9.17) is 10.5 Å². The van der Waals surface area contributed by atoms with Crippen LogP contribution in [0, 0.1) is 0 Å². The van der Waals surface area contributed by atoms with Crippen molar-refractivity contribution in [1.29, 1.82) is 0 Å². The van der Waals surface area contributed by atoms with Gasteiger partial charge in [-0.3, -0.25) is 0 Å². The second-order valence-corrected chi connectivity index (χ2v) is 3.93. The summed E-state index contributed by atoms with van der Waals surface area (Å²) in [7, 11) is 1.64. The van der Waals surface area contributed by atoms with Gasteiger partial charge in [-0.15, -0.1) is 0 Å². The summed E-state index contributed by atoms with van der Waals surface area (Å²) in [5.74, 6) is 0.791. The number of pyridine rings is 1. The summed E-state index contributed by atoms with van der Waals surface area (Å²) in [5.41, 5.74) is 8.71. The van der Waals surface area contributed by atoms with Crippen LogP contribution < -0.4 is 22.9 Å². The molecule has 4 heteroatoms. The highest BCUT2D eigenvalue weighted by Crippen LogP contribution is 2.29. The van der Waals surface area contributed by atoms with Crippen LogP contribution in [0.4, 0.5) is 5.69 Å². The van der Waals surface area contributed by atoms with Gasteiger partial charge in [-0.05, 0) is 18.2 Å². The fourth-order valence-electron chi connectivity index (χ4n) is 2.03. The van der Waals surface area contributed by atoms with E-state index in [1.807, 2.05) is 42.5 Å². The van der Waals surface area contributed by atoms with E-state index in [2.05, 4.69) is 4.98 Å². The summed E-state index contributed by atoms with van der Waals surface area (Å²) in [6.07, 6.45) is 0. The number of hydrogen-bond donors (Lipinski definition) is 1. The van der Waals surface area contributed by atoms with Crippen LogP contribution >= 0.6 is 0 Å². The Bertz CT molecular complexity index is 713. The molecule has 0 radical (unpaired) electrons. The zero-order chi connectivity index (χ0) is 11.8. The number of para-hydroxylation sites is 1. The summed E-state index contributed by atoms with van der Waals surface area (Å²) >= 11 is 0. The lowest BCUT2D eigenvalue weighted by Crippen LogP contribution is -3.00. The van der Waals surface area contributed by atoms with E-state index < -0.39 is 0 Å². The number of halogens is 1. The fourth-order valence-corrected chi connectivity index (χ4v) is 2.03. The molecule has 3 aromatic rings. The van der Waals surface area contributed by atoms with Crippen LogP contribution in [-0.2, 0) is 0 Å². The number of benzene rings is 2. The standard InChI is InChI=1S/C14H12N2O.ClH/c1-17-9-6-7-11-13(8-9)16-12-5-3-2-4-10(12)14(11)15;/h2-8H,1H3,(H2,15,16);1H/p-1. The van der Waals surface area contributed by atoms with Gasteiger partial charge in [-0.25, -0.2) is 4.98 Å². The molecule has 0 aliphatic rings. The molecule has 3 rings (SSSR count). The van der Waals surface area contributed by atoms with Crippen molar-refractivity contribution in [3.63, 3.8) is 0 Å². The second kappa shape index (κ2) is 4.70. The van der Waals surface area contributed by atoms with Crippen molar-refractivity contribution in [3.8, 4) is 5.75 Å². The average Bonchev–Trinajstić information content (AvgIpc) is 2.38. The normalized spacial score (nSPS) is 10.3. The number of nitrogen functional groups attached to an aromatic ring is 1. The van der Waals surface area contributed by atoms with Gasteiger partial charge >= 0.3 is 0 Å². The maximum atomic E-state index is 6.17. The molecule has 3 nitrogen and oxygen atoms in total. The lowest BCUT2D eigenvalue weighted by atomic mass is 10.1. The molecule has 0 atom stereocenters. The summed E-state index contributed by atoms with van der Waals surface area (Å²) in [6, 6.07) is 13.6. The van der Waals surface area contributed by atoms with E-state index in [-0.39, 0.29) is 12.4 Å². The molecule has 0 fully saturated rings. The summed E-state index contributed by atoms with van der Waals surface area (Å²) in [6.45, 7) is 0. The molecule has 0 saturated carbocycles. The third-order valence-electron chi connectivity index (χ3n) is 2.93. The Morgan fingerprint density at radius 3 is 2.50 bits per heavy atom. The van der Waals surface area contributed by atoms with Crippen LogP contribution in [0.15, 0.2) is 42.5 Å². The van der Waals surface area contributed by atoms with E-state index in [0.29, 0.717) is 0 Å². The number of anilines is 1. The number of hydrogen-bond acceptors (Lipinski definition) is 3.